The van der Waals surface area contributed by atoms with Gasteiger partial charge in [-0.3, -0.25) is 9.78 Å². The number of aromatic nitrogens is 2. The van der Waals surface area contributed by atoms with Crippen molar-refractivity contribution in [3.8, 4) is 5.69 Å². The number of benzene rings is 2. The first kappa shape index (κ1) is 19.7. The van der Waals surface area contributed by atoms with E-state index in [2.05, 4.69) is 10.3 Å². The fraction of sp³-hybridized carbons (Fsp3) is 0.130. The molecule has 2 heterocycles. The lowest BCUT2D eigenvalue weighted by Gasteiger charge is -2.11. The van der Waals surface area contributed by atoms with Gasteiger partial charge in [-0.15, -0.1) is 0 Å². The quantitative estimate of drug-likeness (QED) is 0.482. The highest BCUT2D eigenvalue weighted by molar-refractivity contribution is 5.92. The van der Waals surface area contributed by atoms with Gasteiger partial charge in [0.15, 0.2) is 0 Å². The van der Waals surface area contributed by atoms with Gasteiger partial charge in [0.2, 0.25) is 5.91 Å². The van der Waals surface area contributed by atoms with Crippen LogP contribution in [0.1, 0.15) is 16.8 Å². The molecule has 0 unspecified atom stereocenters. The van der Waals surface area contributed by atoms with E-state index in [9.17, 15) is 18.0 Å². The second-order valence-electron chi connectivity index (χ2n) is 7.03. The first-order valence-electron chi connectivity index (χ1n) is 9.30. The molecule has 152 valence electrons. The van der Waals surface area contributed by atoms with Gasteiger partial charge in [0.05, 0.1) is 17.5 Å². The Balaban J connectivity index is 1.56. The molecule has 0 radical (unpaired) electrons. The Hall–Kier alpha value is -3.61. The molecular formula is C23H18F3N3O. The molecule has 0 fully saturated rings. The van der Waals surface area contributed by atoms with Gasteiger partial charge in [-0.25, -0.2) is 0 Å². The van der Waals surface area contributed by atoms with E-state index in [4.69, 9.17) is 0 Å². The van der Waals surface area contributed by atoms with E-state index in [-0.39, 0.29) is 12.3 Å². The predicted octanol–water partition coefficient (Wildman–Crippen LogP) is 5.53. The van der Waals surface area contributed by atoms with Crippen LogP contribution in [-0.4, -0.2) is 15.5 Å². The minimum absolute atomic E-state index is 0.155. The van der Waals surface area contributed by atoms with E-state index in [1.165, 1.54) is 6.07 Å². The van der Waals surface area contributed by atoms with E-state index >= 15 is 0 Å². The molecule has 0 saturated heterocycles. The first-order chi connectivity index (χ1) is 14.3. The Kier molecular flexibility index (Phi) is 5.03. The Morgan fingerprint density at radius 3 is 2.50 bits per heavy atom. The summed E-state index contributed by atoms with van der Waals surface area (Å²) in [5.74, 6) is -0.155. The van der Waals surface area contributed by atoms with Crippen molar-refractivity contribution in [2.24, 2.45) is 0 Å². The zero-order valence-electron chi connectivity index (χ0n) is 16.1. The fourth-order valence-corrected chi connectivity index (χ4v) is 3.46. The molecule has 4 aromatic rings. The van der Waals surface area contributed by atoms with Gasteiger partial charge in [-0.2, -0.15) is 13.2 Å². The maximum absolute atomic E-state index is 13.0. The average molecular weight is 409 g/mol. The lowest BCUT2D eigenvalue weighted by Crippen LogP contribution is -2.14. The first-order valence-corrected chi connectivity index (χ1v) is 9.30. The highest BCUT2D eigenvalue weighted by Gasteiger charge is 2.30. The van der Waals surface area contributed by atoms with Gasteiger partial charge in [-0.1, -0.05) is 6.07 Å². The van der Waals surface area contributed by atoms with Crippen LogP contribution in [0.15, 0.2) is 73.1 Å². The summed E-state index contributed by atoms with van der Waals surface area (Å²) in [6.45, 7) is 1.84. The number of nitrogens with zero attached hydrogens (tertiary/aromatic N) is 2. The van der Waals surface area contributed by atoms with Crippen LogP contribution in [0.2, 0.25) is 0 Å². The molecule has 0 aliphatic heterocycles. The molecule has 1 N–H and O–H groups in total. The summed E-state index contributed by atoms with van der Waals surface area (Å²) in [5, 5.41) is 3.36. The summed E-state index contributed by atoms with van der Waals surface area (Å²) in [6.07, 6.45) is -0.859. The van der Waals surface area contributed by atoms with Gasteiger partial charge in [-0.05, 0) is 67.1 Å². The topological polar surface area (TPSA) is 46.9 Å². The molecule has 0 aliphatic rings. The van der Waals surface area contributed by atoms with E-state index in [1.54, 1.807) is 36.7 Å². The molecule has 0 bridgehead atoms. The maximum Gasteiger partial charge on any atom is 0.416 e. The van der Waals surface area contributed by atoms with Crippen LogP contribution in [0.5, 0.6) is 0 Å². The van der Waals surface area contributed by atoms with Crippen molar-refractivity contribution < 1.29 is 18.0 Å². The number of hydrogen-bond donors (Lipinski definition) is 1. The van der Waals surface area contributed by atoms with E-state index in [0.29, 0.717) is 16.6 Å². The molecule has 4 nitrogen and oxygen atoms in total. The minimum atomic E-state index is -4.38. The summed E-state index contributed by atoms with van der Waals surface area (Å²) in [5.41, 5.74) is 3.10. The number of carbonyl (C=O) groups is 1. The van der Waals surface area contributed by atoms with Gasteiger partial charge < -0.3 is 9.88 Å². The second-order valence-corrected chi connectivity index (χ2v) is 7.03. The number of carbonyl (C=O) groups excluding carboxylic acids is 1. The average Bonchev–Trinajstić information content (AvgIpc) is 3.03. The van der Waals surface area contributed by atoms with Crippen LogP contribution < -0.4 is 5.32 Å². The standard InChI is InChI=1S/C23H18F3N3O/c1-15-11-17-13-18(23(24,25)26)4-9-21(17)29(15)20-7-5-19(6-8-20)28-22(30)12-16-3-2-10-27-14-16/h2-11,13-14H,12H2,1H3,(H,28,30). The molecule has 2 aromatic carbocycles. The molecule has 0 aliphatic carbocycles. The Labute approximate surface area is 171 Å². The summed E-state index contributed by atoms with van der Waals surface area (Å²) in [4.78, 5) is 16.2. The van der Waals surface area contributed by atoms with Crippen LogP contribution >= 0.6 is 0 Å². The normalized spacial score (nSPS) is 11.6. The zero-order chi connectivity index (χ0) is 21.3. The van der Waals surface area contributed by atoms with E-state index < -0.39 is 11.7 Å². The molecule has 2 aromatic heterocycles. The summed E-state index contributed by atoms with van der Waals surface area (Å²) < 4.78 is 40.8. The Morgan fingerprint density at radius 1 is 1.07 bits per heavy atom. The van der Waals surface area contributed by atoms with Crippen LogP contribution in [0.3, 0.4) is 0 Å². The fourth-order valence-electron chi connectivity index (χ4n) is 3.46. The third-order valence-corrected chi connectivity index (χ3v) is 4.81. The second kappa shape index (κ2) is 7.67. The van der Waals surface area contributed by atoms with Crippen molar-refractivity contribution in [2.45, 2.75) is 19.5 Å². The smallest absolute Gasteiger partial charge is 0.326 e. The molecule has 1 amide bonds. The van der Waals surface area contributed by atoms with Crippen molar-refractivity contribution in [2.75, 3.05) is 5.32 Å². The monoisotopic (exact) mass is 409 g/mol. The zero-order valence-corrected chi connectivity index (χ0v) is 16.1. The molecular weight excluding hydrogens is 391 g/mol. The van der Waals surface area contributed by atoms with Crippen LogP contribution in [-0.2, 0) is 17.4 Å². The number of nitrogens with one attached hydrogen (secondary N) is 1. The predicted molar refractivity (Wildman–Crippen MR) is 110 cm³/mol. The van der Waals surface area contributed by atoms with Crippen LogP contribution in [0, 0.1) is 6.92 Å². The Morgan fingerprint density at radius 2 is 1.83 bits per heavy atom. The van der Waals surface area contributed by atoms with Gasteiger partial charge in [0.25, 0.3) is 0 Å². The number of amides is 1. The number of fused-ring (bicyclic) bond motifs is 1. The minimum Gasteiger partial charge on any atom is -0.326 e. The van der Waals surface area contributed by atoms with E-state index in [0.717, 1.165) is 29.1 Å². The Bertz CT molecular complexity index is 1200. The largest absolute Gasteiger partial charge is 0.416 e. The van der Waals surface area contributed by atoms with E-state index in [1.807, 2.05) is 29.7 Å². The summed E-state index contributed by atoms with van der Waals surface area (Å²) in [7, 11) is 0. The van der Waals surface area contributed by atoms with Crippen LogP contribution in [0.25, 0.3) is 16.6 Å². The van der Waals surface area contributed by atoms with Crippen LogP contribution in [0.4, 0.5) is 18.9 Å². The summed E-state index contributed by atoms with van der Waals surface area (Å²) >= 11 is 0. The number of anilines is 1. The number of rotatable bonds is 4. The third kappa shape index (κ3) is 4.05. The molecule has 0 spiro atoms. The number of aryl methyl sites for hydroxylation is 1. The molecule has 0 saturated carbocycles. The van der Waals surface area contributed by atoms with Crippen molar-refractivity contribution in [3.05, 3.63) is 89.9 Å². The van der Waals surface area contributed by atoms with Crippen molar-refractivity contribution in [3.63, 3.8) is 0 Å². The van der Waals surface area contributed by atoms with Gasteiger partial charge in [0, 0.05) is 34.8 Å². The highest BCUT2D eigenvalue weighted by atomic mass is 19.4. The van der Waals surface area contributed by atoms with Crippen molar-refractivity contribution in [1.82, 2.24) is 9.55 Å². The van der Waals surface area contributed by atoms with Gasteiger partial charge in [0.1, 0.15) is 0 Å². The lowest BCUT2D eigenvalue weighted by molar-refractivity contribution is -0.137. The number of hydrogen-bond acceptors (Lipinski definition) is 2. The summed E-state index contributed by atoms with van der Waals surface area (Å²) in [6, 6.07) is 16.3. The lowest BCUT2D eigenvalue weighted by atomic mass is 10.1. The highest BCUT2D eigenvalue weighted by Crippen LogP contribution is 2.33. The molecule has 4 rings (SSSR count). The van der Waals surface area contributed by atoms with Crippen molar-refractivity contribution >= 4 is 22.5 Å². The molecule has 7 heteroatoms. The number of halogens is 3. The maximum atomic E-state index is 13.0. The van der Waals surface area contributed by atoms with Gasteiger partial charge >= 0.3 is 6.18 Å². The number of pyridine rings is 1. The SMILES string of the molecule is Cc1cc2cc(C(F)(F)F)ccc2n1-c1ccc(NC(=O)Cc2cccnc2)cc1. The number of alkyl halides is 3. The van der Waals surface area contributed by atoms with Crippen molar-refractivity contribution in [1.29, 1.82) is 0 Å². The molecule has 30 heavy (non-hydrogen) atoms. The third-order valence-electron chi connectivity index (χ3n) is 4.81. The molecule has 0 atom stereocenters.